The summed E-state index contributed by atoms with van der Waals surface area (Å²) in [4.78, 5) is 31.1. The highest BCUT2D eigenvalue weighted by Crippen LogP contribution is 2.18. The third-order valence-electron chi connectivity index (χ3n) is 2.93. The molecule has 0 aliphatic rings. The fourth-order valence-electron chi connectivity index (χ4n) is 1.86. The van der Waals surface area contributed by atoms with Crippen molar-refractivity contribution in [1.29, 1.82) is 0 Å². The first-order valence-electron chi connectivity index (χ1n) is 6.96. The van der Waals surface area contributed by atoms with Crippen LogP contribution in [-0.4, -0.2) is 55.0 Å². The minimum atomic E-state index is -0.288. The maximum atomic E-state index is 12.0. The van der Waals surface area contributed by atoms with Crippen molar-refractivity contribution in [2.45, 2.75) is 26.8 Å². The van der Waals surface area contributed by atoms with Gasteiger partial charge in [-0.05, 0) is 32.9 Å². The molecule has 1 aromatic rings. The third kappa shape index (κ3) is 4.73. The maximum Gasteiger partial charge on any atom is 0.325 e. The van der Waals surface area contributed by atoms with Gasteiger partial charge in [0.1, 0.15) is 12.2 Å². The first-order chi connectivity index (χ1) is 9.86. The largest absolute Gasteiger partial charge is 0.465 e. The quantitative estimate of drug-likeness (QED) is 0.745. The number of carbonyl (C=O) groups excluding carboxylic acids is 2. The van der Waals surface area contributed by atoms with Crippen molar-refractivity contribution in [3.8, 4) is 0 Å². The second-order valence-corrected chi connectivity index (χ2v) is 5.13. The van der Waals surface area contributed by atoms with Gasteiger partial charge in [-0.2, -0.15) is 0 Å². The van der Waals surface area contributed by atoms with Crippen molar-refractivity contribution in [1.82, 2.24) is 9.88 Å². The van der Waals surface area contributed by atoms with Gasteiger partial charge in [-0.15, -0.1) is 0 Å². The molecule has 0 fully saturated rings. The smallest absolute Gasteiger partial charge is 0.325 e. The summed E-state index contributed by atoms with van der Waals surface area (Å²) < 4.78 is 4.99. The SMILES string of the molecule is CCOC(=O)CN(c1ccnc(C(=O)N(C)C)c1)C(C)C. The summed E-state index contributed by atoms with van der Waals surface area (Å²) in [6, 6.07) is 3.58. The molecule has 6 nitrogen and oxygen atoms in total. The molecule has 0 saturated carbocycles. The Labute approximate surface area is 125 Å². The van der Waals surface area contributed by atoms with Crippen LogP contribution in [0.25, 0.3) is 0 Å². The zero-order valence-corrected chi connectivity index (χ0v) is 13.3. The summed E-state index contributed by atoms with van der Waals surface area (Å²) in [6.07, 6.45) is 1.58. The summed E-state index contributed by atoms with van der Waals surface area (Å²) in [5, 5.41) is 0. The van der Waals surface area contributed by atoms with Gasteiger partial charge in [0.2, 0.25) is 0 Å². The van der Waals surface area contributed by atoms with E-state index < -0.39 is 0 Å². The number of hydrogen-bond donors (Lipinski definition) is 0. The lowest BCUT2D eigenvalue weighted by atomic mass is 10.2. The minimum Gasteiger partial charge on any atom is -0.465 e. The molecule has 0 atom stereocenters. The lowest BCUT2D eigenvalue weighted by Crippen LogP contribution is -2.36. The monoisotopic (exact) mass is 293 g/mol. The van der Waals surface area contributed by atoms with Crippen LogP contribution < -0.4 is 4.90 Å². The highest BCUT2D eigenvalue weighted by Gasteiger charge is 2.18. The Bertz CT molecular complexity index is 501. The zero-order valence-electron chi connectivity index (χ0n) is 13.3. The van der Waals surface area contributed by atoms with E-state index in [9.17, 15) is 9.59 Å². The van der Waals surface area contributed by atoms with E-state index in [2.05, 4.69) is 4.98 Å². The van der Waals surface area contributed by atoms with Crippen molar-refractivity contribution in [2.24, 2.45) is 0 Å². The van der Waals surface area contributed by atoms with E-state index in [1.165, 1.54) is 4.90 Å². The summed E-state index contributed by atoms with van der Waals surface area (Å²) in [5.74, 6) is -0.458. The van der Waals surface area contributed by atoms with E-state index in [1.807, 2.05) is 18.7 Å². The van der Waals surface area contributed by atoms with E-state index in [1.54, 1.807) is 39.3 Å². The van der Waals surface area contributed by atoms with Crippen LogP contribution in [0.3, 0.4) is 0 Å². The Balaban J connectivity index is 3.01. The Morgan fingerprint density at radius 3 is 2.52 bits per heavy atom. The van der Waals surface area contributed by atoms with Crippen LogP contribution in [0.4, 0.5) is 5.69 Å². The molecular weight excluding hydrogens is 270 g/mol. The Hall–Kier alpha value is -2.11. The van der Waals surface area contributed by atoms with E-state index in [0.717, 1.165) is 5.69 Å². The number of pyridine rings is 1. The molecule has 0 saturated heterocycles. The molecule has 0 aliphatic heterocycles. The number of amides is 1. The Morgan fingerprint density at radius 2 is 2.00 bits per heavy atom. The molecule has 1 rings (SSSR count). The number of hydrogen-bond acceptors (Lipinski definition) is 5. The predicted molar refractivity (Wildman–Crippen MR) is 81.4 cm³/mol. The van der Waals surface area contributed by atoms with E-state index in [-0.39, 0.29) is 24.5 Å². The number of ether oxygens (including phenoxy) is 1. The number of nitrogens with zero attached hydrogens (tertiary/aromatic N) is 3. The molecular formula is C15H23N3O3. The number of anilines is 1. The average Bonchev–Trinajstić information content (AvgIpc) is 2.44. The number of aromatic nitrogens is 1. The Kier molecular flexibility index (Phi) is 6.14. The molecule has 0 aromatic carbocycles. The van der Waals surface area contributed by atoms with Crippen molar-refractivity contribution in [3.63, 3.8) is 0 Å². The van der Waals surface area contributed by atoms with Gasteiger partial charge < -0.3 is 14.5 Å². The minimum absolute atomic E-state index is 0.0964. The van der Waals surface area contributed by atoms with Gasteiger partial charge in [-0.1, -0.05) is 0 Å². The zero-order chi connectivity index (χ0) is 16.0. The standard InChI is InChI=1S/C15H23N3O3/c1-6-21-14(19)10-18(11(2)3)12-7-8-16-13(9-12)15(20)17(4)5/h7-9,11H,6,10H2,1-5H3. The van der Waals surface area contributed by atoms with E-state index in [4.69, 9.17) is 4.74 Å². The van der Waals surface area contributed by atoms with Gasteiger partial charge in [0, 0.05) is 32.0 Å². The summed E-state index contributed by atoms with van der Waals surface area (Å²) in [7, 11) is 3.35. The van der Waals surface area contributed by atoms with Gasteiger partial charge in [0.05, 0.1) is 6.61 Å². The van der Waals surface area contributed by atoms with Crippen molar-refractivity contribution < 1.29 is 14.3 Å². The second-order valence-electron chi connectivity index (χ2n) is 5.13. The molecule has 0 unspecified atom stereocenters. The summed E-state index contributed by atoms with van der Waals surface area (Å²) in [6.45, 7) is 6.23. The molecule has 6 heteroatoms. The van der Waals surface area contributed by atoms with Gasteiger partial charge in [-0.25, -0.2) is 0 Å². The molecule has 0 spiro atoms. The topological polar surface area (TPSA) is 62.7 Å². The number of esters is 1. The van der Waals surface area contributed by atoms with Crippen LogP contribution >= 0.6 is 0 Å². The van der Waals surface area contributed by atoms with E-state index >= 15 is 0 Å². The van der Waals surface area contributed by atoms with Crippen molar-refractivity contribution in [3.05, 3.63) is 24.0 Å². The molecule has 1 heterocycles. The van der Waals surface area contributed by atoms with Gasteiger partial charge >= 0.3 is 5.97 Å². The van der Waals surface area contributed by atoms with Crippen LogP contribution in [0, 0.1) is 0 Å². The normalized spacial score (nSPS) is 10.4. The van der Waals surface area contributed by atoms with Crippen LogP contribution in [0.1, 0.15) is 31.3 Å². The van der Waals surface area contributed by atoms with E-state index in [0.29, 0.717) is 12.3 Å². The van der Waals surface area contributed by atoms with Crippen molar-refractivity contribution in [2.75, 3.05) is 32.1 Å². The second kappa shape index (κ2) is 7.61. The first kappa shape index (κ1) is 16.9. The molecule has 0 radical (unpaired) electrons. The van der Waals surface area contributed by atoms with Crippen LogP contribution in [0.5, 0.6) is 0 Å². The third-order valence-corrected chi connectivity index (χ3v) is 2.93. The fourth-order valence-corrected chi connectivity index (χ4v) is 1.86. The summed E-state index contributed by atoms with van der Waals surface area (Å²) in [5.41, 5.74) is 1.13. The first-order valence-corrected chi connectivity index (χ1v) is 6.96. The predicted octanol–water partition coefficient (Wildman–Crippen LogP) is 1.56. The average molecular weight is 293 g/mol. The molecule has 1 aromatic heterocycles. The maximum absolute atomic E-state index is 12.0. The molecule has 116 valence electrons. The molecule has 21 heavy (non-hydrogen) atoms. The number of rotatable bonds is 6. The van der Waals surface area contributed by atoms with Crippen molar-refractivity contribution >= 4 is 17.6 Å². The molecule has 0 N–H and O–H groups in total. The highest BCUT2D eigenvalue weighted by molar-refractivity contribution is 5.93. The van der Waals surface area contributed by atoms with Crippen LogP contribution in [-0.2, 0) is 9.53 Å². The molecule has 1 amide bonds. The number of carbonyl (C=O) groups is 2. The summed E-state index contributed by atoms with van der Waals surface area (Å²) >= 11 is 0. The lowest BCUT2D eigenvalue weighted by molar-refractivity contribution is -0.141. The Morgan fingerprint density at radius 1 is 1.33 bits per heavy atom. The van der Waals surface area contributed by atoms with Gasteiger partial charge in [-0.3, -0.25) is 14.6 Å². The highest BCUT2D eigenvalue weighted by atomic mass is 16.5. The van der Waals surface area contributed by atoms with Gasteiger partial charge in [0.25, 0.3) is 5.91 Å². The van der Waals surface area contributed by atoms with Crippen LogP contribution in [0.2, 0.25) is 0 Å². The lowest BCUT2D eigenvalue weighted by Gasteiger charge is -2.28. The fraction of sp³-hybridized carbons (Fsp3) is 0.533. The van der Waals surface area contributed by atoms with Crippen LogP contribution in [0.15, 0.2) is 18.3 Å². The van der Waals surface area contributed by atoms with Gasteiger partial charge in [0.15, 0.2) is 0 Å². The molecule has 0 bridgehead atoms. The molecule has 0 aliphatic carbocycles.